The van der Waals surface area contributed by atoms with E-state index in [1.54, 1.807) is 23.1 Å². The fourth-order valence-corrected chi connectivity index (χ4v) is 3.40. The molecule has 2 aromatic carbocycles. The quantitative estimate of drug-likeness (QED) is 0.711. The minimum Gasteiger partial charge on any atom is -0.486 e. The van der Waals surface area contributed by atoms with Crippen LogP contribution in [0.4, 0.5) is 5.69 Å². The molecule has 2 N–H and O–H groups in total. The van der Waals surface area contributed by atoms with Gasteiger partial charge in [0.15, 0.2) is 11.5 Å². The molecule has 0 aliphatic carbocycles. The van der Waals surface area contributed by atoms with E-state index in [9.17, 15) is 14.4 Å². The van der Waals surface area contributed by atoms with E-state index < -0.39 is 11.8 Å². The molecule has 162 valence electrons. The number of rotatable bonds is 4. The highest BCUT2D eigenvalue weighted by Crippen LogP contribution is 2.32. The predicted octanol–water partition coefficient (Wildman–Crippen LogP) is 1.11. The Bertz CT molecular complexity index is 965. The van der Waals surface area contributed by atoms with Gasteiger partial charge < -0.3 is 29.7 Å². The molecule has 2 aliphatic heterocycles. The maximum absolute atomic E-state index is 12.5. The van der Waals surface area contributed by atoms with Gasteiger partial charge in [0.05, 0.1) is 19.7 Å². The summed E-state index contributed by atoms with van der Waals surface area (Å²) in [7, 11) is 0. The molecular weight excluding hydrogens is 402 g/mol. The first-order chi connectivity index (χ1) is 15.1. The zero-order valence-corrected chi connectivity index (χ0v) is 16.8. The molecule has 0 radical (unpaired) electrons. The van der Waals surface area contributed by atoms with E-state index in [2.05, 4.69) is 10.6 Å². The lowest BCUT2D eigenvalue weighted by Crippen LogP contribution is -2.48. The maximum Gasteiger partial charge on any atom is 0.313 e. The van der Waals surface area contributed by atoms with Crippen LogP contribution in [0.2, 0.25) is 0 Å². The fourth-order valence-electron chi connectivity index (χ4n) is 3.40. The summed E-state index contributed by atoms with van der Waals surface area (Å²) in [5.41, 5.74) is 1.39. The molecule has 9 heteroatoms. The molecule has 1 fully saturated rings. The second kappa shape index (κ2) is 9.48. The number of carbonyl (C=O) groups excluding carboxylic acids is 3. The van der Waals surface area contributed by atoms with E-state index >= 15 is 0 Å². The zero-order chi connectivity index (χ0) is 21.6. The van der Waals surface area contributed by atoms with Crippen LogP contribution in [0.5, 0.6) is 11.5 Å². The number of morpholine rings is 1. The third kappa shape index (κ3) is 5.13. The van der Waals surface area contributed by atoms with Crippen LogP contribution in [0.15, 0.2) is 48.5 Å². The largest absolute Gasteiger partial charge is 0.486 e. The van der Waals surface area contributed by atoms with Crippen molar-refractivity contribution in [2.24, 2.45) is 0 Å². The lowest BCUT2D eigenvalue weighted by atomic mass is 10.1. The Morgan fingerprint density at radius 1 is 0.935 bits per heavy atom. The van der Waals surface area contributed by atoms with Crippen molar-refractivity contribution < 1.29 is 28.6 Å². The van der Waals surface area contributed by atoms with Gasteiger partial charge in [-0.2, -0.15) is 0 Å². The zero-order valence-electron chi connectivity index (χ0n) is 16.8. The number of ether oxygens (including phenoxy) is 3. The van der Waals surface area contributed by atoms with E-state index in [-0.39, 0.29) is 18.6 Å². The molecule has 3 amide bonds. The first-order valence-corrected chi connectivity index (χ1v) is 10.0. The normalized spacial score (nSPS) is 17.5. The van der Waals surface area contributed by atoms with Gasteiger partial charge in [-0.1, -0.05) is 30.3 Å². The molecular formula is C22H23N3O6. The second-order valence-corrected chi connectivity index (χ2v) is 7.11. The molecule has 0 aromatic heterocycles. The van der Waals surface area contributed by atoms with Gasteiger partial charge in [-0.05, 0) is 17.7 Å². The van der Waals surface area contributed by atoms with Crippen molar-refractivity contribution in [1.82, 2.24) is 10.2 Å². The average molecular weight is 425 g/mol. The number of hydrogen-bond donors (Lipinski definition) is 2. The second-order valence-electron chi connectivity index (χ2n) is 7.11. The monoisotopic (exact) mass is 425 g/mol. The Labute approximate surface area is 179 Å². The lowest BCUT2D eigenvalue weighted by molar-refractivity contribution is -0.141. The third-order valence-corrected chi connectivity index (χ3v) is 5.00. The highest BCUT2D eigenvalue weighted by Gasteiger charge is 2.26. The summed E-state index contributed by atoms with van der Waals surface area (Å²) in [6.45, 7) is 1.84. The molecule has 2 aliphatic rings. The van der Waals surface area contributed by atoms with Crippen molar-refractivity contribution in [2.75, 3.05) is 44.8 Å². The smallest absolute Gasteiger partial charge is 0.313 e. The standard InChI is InChI=1S/C22H23N3O6/c26-20(25-8-9-29-19(14-25)15-4-2-1-3-5-15)13-23-21(27)22(28)24-16-6-7-17-18(12-16)31-11-10-30-17/h1-7,12,19H,8-11,13-14H2,(H,23,27)(H,24,28)/t19-/m0/s1. The number of fused-ring (bicyclic) bond motifs is 1. The Kier molecular flexibility index (Phi) is 6.32. The number of amides is 3. The summed E-state index contributed by atoms with van der Waals surface area (Å²) in [4.78, 5) is 38.4. The molecule has 1 atom stereocenters. The molecule has 9 nitrogen and oxygen atoms in total. The molecule has 0 bridgehead atoms. The Morgan fingerprint density at radius 3 is 2.52 bits per heavy atom. The van der Waals surface area contributed by atoms with Crippen molar-refractivity contribution in [3.63, 3.8) is 0 Å². The topological polar surface area (TPSA) is 106 Å². The average Bonchev–Trinajstić information content (AvgIpc) is 2.82. The number of anilines is 1. The van der Waals surface area contributed by atoms with Crippen molar-refractivity contribution >= 4 is 23.4 Å². The van der Waals surface area contributed by atoms with Crippen LogP contribution < -0.4 is 20.1 Å². The van der Waals surface area contributed by atoms with E-state index in [1.807, 2.05) is 30.3 Å². The number of nitrogens with zero attached hydrogens (tertiary/aromatic N) is 1. The van der Waals surface area contributed by atoms with Gasteiger partial charge in [0.2, 0.25) is 5.91 Å². The first-order valence-electron chi connectivity index (χ1n) is 10.0. The maximum atomic E-state index is 12.5. The Hall–Kier alpha value is -3.59. The van der Waals surface area contributed by atoms with Crippen LogP contribution >= 0.6 is 0 Å². The van der Waals surface area contributed by atoms with Crippen LogP contribution in [0.1, 0.15) is 11.7 Å². The molecule has 31 heavy (non-hydrogen) atoms. The van der Waals surface area contributed by atoms with Crippen LogP contribution in [-0.4, -0.2) is 62.1 Å². The van der Waals surface area contributed by atoms with Gasteiger partial charge in [0, 0.05) is 18.3 Å². The van der Waals surface area contributed by atoms with E-state index in [0.717, 1.165) is 5.56 Å². The van der Waals surface area contributed by atoms with Crippen molar-refractivity contribution in [2.45, 2.75) is 6.10 Å². The lowest BCUT2D eigenvalue weighted by Gasteiger charge is -2.33. The first kappa shape index (κ1) is 20.7. The summed E-state index contributed by atoms with van der Waals surface area (Å²) < 4.78 is 16.6. The highest BCUT2D eigenvalue weighted by molar-refractivity contribution is 6.39. The molecule has 4 rings (SSSR count). The highest BCUT2D eigenvalue weighted by atomic mass is 16.6. The fraction of sp³-hybridized carbons (Fsp3) is 0.318. The van der Waals surface area contributed by atoms with Gasteiger partial charge in [-0.15, -0.1) is 0 Å². The van der Waals surface area contributed by atoms with Gasteiger partial charge in [-0.3, -0.25) is 14.4 Å². The summed E-state index contributed by atoms with van der Waals surface area (Å²) >= 11 is 0. The van der Waals surface area contributed by atoms with Gasteiger partial charge in [0.1, 0.15) is 19.3 Å². The Balaban J connectivity index is 1.27. The number of carbonyl (C=O) groups is 3. The SMILES string of the molecule is O=C(NCC(=O)N1CCO[C@H](c2ccccc2)C1)C(=O)Nc1ccc2c(c1)OCCO2. The van der Waals surface area contributed by atoms with E-state index in [1.165, 1.54) is 0 Å². The number of nitrogens with one attached hydrogen (secondary N) is 2. The van der Waals surface area contributed by atoms with Crippen LogP contribution in [-0.2, 0) is 19.1 Å². The number of benzene rings is 2. The molecule has 1 saturated heterocycles. The van der Waals surface area contributed by atoms with Crippen LogP contribution in [0, 0.1) is 0 Å². The van der Waals surface area contributed by atoms with Gasteiger partial charge in [0.25, 0.3) is 0 Å². The van der Waals surface area contributed by atoms with Crippen molar-refractivity contribution in [1.29, 1.82) is 0 Å². The molecule has 0 saturated carbocycles. The Morgan fingerprint density at radius 2 is 1.71 bits per heavy atom. The van der Waals surface area contributed by atoms with Crippen molar-refractivity contribution in [3.8, 4) is 11.5 Å². The third-order valence-electron chi connectivity index (χ3n) is 5.00. The molecule has 2 aromatic rings. The summed E-state index contributed by atoms with van der Waals surface area (Å²) in [5.74, 6) is -0.951. The van der Waals surface area contributed by atoms with Crippen LogP contribution in [0.25, 0.3) is 0 Å². The van der Waals surface area contributed by atoms with E-state index in [4.69, 9.17) is 14.2 Å². The summed E-state index contributed by atoms with van der Waals surface area (Å²) in [6, 6.07) is 14.5. The summed E-state index contributed by atoms with van der Waals surface area (Å²) in [5, 5.41) is 4.87. The summed E-state index contributed by atoms with van der Waals surface area (Å²) in [6.07, 6.45) is -0.215. The molecule has 0 unspecified atom stereocenters. The minimum absolute atomic E-state index is 0.215. The minimum atomic E-state index is -0.892. The van der Waals surface area contributed by atoms with Gasteiger partial charge >= 0.3 is 11.8 Å². The molecule has 2 heterocycles. The van der Waals surface area contributed by atoms with Crippen molar-refractivity contribution in [3.05, 3.63) is 54.1 Å². The molecule has 0 spiro atoms. The number of hydrogen-bond acceptors (Lipinski definition) is 6. The van der Waals surface area contributed by atoms with Gasteiger partial charge in [-0.25, -0.2) is 0 Å². The van der Waals surface area contributed by atoms with E-state index in [0.29, 0.717) is 50.1 Å². The van der Waals surface area contributed by atoms with Crippen LogP contribution in [0.3, 0.4) is 0 Å². The predicted molar refractivity (Wildman–Crippen MR) is 111 cm³/mol.